The summed E-state index contributed by atoms with van der Waals surface area (Å²) in [4.78, 5) is 27.8. The summed E-state index contributed by atoms with van der Waals surface area (Å²) >= 11 is 0. The summed E-state index contributed by atoms with van der Waals surface area (Å²) in [6.45, 7) is 0. The fourth-order valence-electron chi connectivity index (χ4n) is 2.60. The number of nitrogens with one attached hydrogen (secondary N) is 2. The second-order valence-corrected chi connectivity index (χ2v) is 5.65. The Labute approximate surface area is 149 Å². The average Bonchev–Trinajstić information content (AvgIpc) is 2.69. The highest BCUT2D eigenvalue weighted by atomic mass is 16.1. The van der Waals surface area contributed by atoms with Crippen LogP contribution in [0.1, 0.15) is 0 Å². The van der Waals surface area contributed by atoms with E-state index in [1.54, 1.807) is 24.7 Å². The van der Waals surface area contributed by atoms with Crippen molar-refractivity contribution in [2.75, 3.05) is 5.32 Å². The van der Waals surface area contributed by atoms with Crippen LogP contribution >= 0.6 is 0 Å². The van der Waals surface area contributed by atoms with E-state index in [4.69, 9.17) is 0 Å². The van der Waals surface area contributed by atoms with Crippen molar-refractivity contribution in [3.63, 3.8) is 0 Å². The van der Waals surface area contributed by atoms with Gasteiger partial charge in [0, 0.05) is 41.5 Å². The maximum atomic E-state index is 12.1. The third kappa shape index (κ3) is 3.49. The molecule has 0 unspecified atom stereocenters. The van der Waals surface area contributed by atoms with E-state index in [0.29, 0.717) is 22.9 Å². The predicted octanol–water partition coefficient (Wildman–Crippen LogP) is 3.64. The van der Waals surface area contributed by atoms with E-state index in [1.807, 2.05) is 48.5 Å². The number of rotatable bonds is 4. The molecule has 0 saturated heterocycles. The third-order valence-electron chi connectivity index (χ3n) is 3.80. The van der Waals surface area contributed by atoms with Gasteiger partial charge in [-0.05, 0) is 36.4 Å². The van der Waals surface area contributed by atoms with Crippen LogP contribution in [-0.4, -0.2) is 19.9 Å². The number of nitrogens with zero attached hydrogens (tertiary/aromatic N) is 3. The number of benzene rings is 1. The minimum atomic E-state index is -0.197. The summed E-state index contributed by atoms with van der Waals surface area (Å²) in [7, 11) is 0. The molecular weight excluding hydrogens is 326 g/mol. The first-order valence-electron chi connectivity index (χ1n) is 8.08. The Hall–Kier alpha value is -3.80. The predicted molar refractivity (Wildman–Crippen MR) is 101 cm³/mol. The van der Waals surface area contributed by atoms with Gasteiger partial charge in [0.25, 0.3) is 0 Å². The molecule has 6 nitrogen and oxygen atoms in total. The van der Waals surface area contributed by atoms with Gasteiger partial charge in [0.2, 0.25) is 11.5 Å². The molecule has 2 N–H and O–H groups in total. The van der Waals surface area contributed by atoms with Crippen molar-refractivity contribution in [1.82, 2.24) is 19.9 Å². The van der Waals surface area contributed by atoms with Gasteiger partial charge in [-0.1, -0.05) is 18.2 Å². The van der Waals surface area contributed by atoms with Gasteiger partial charge in [0.15, 0.2) is 0 Å². The van der Waals surface area contributed by atoms with Crippen LogP contribution in [0.25, 0.3) is 22.5 Å². The molecule has 0 radical (unpaired) electrons. The quantitative estimate of drug-likeness (QED) is 0.592. The minimum Gasteiger partial charge on any atom is -0.324 e. The van der Waals surface area contributed by atoms with E-state index >= 15 is 0 Å². The smallest absolute Gasteiger partial charge is 0.249 e. The molecule has 0 amide bonds. The van der Waals surface area contributed by atoms with Gasteiger partial charge in [-0.25, -0.2) is 9.97 Å². The van der Waals surface area contributed by atoms with Crippen LogP contribution in [0.2, 0.25) is 0 Å². The molecule has 0 saturated carbocycles. The first kappa shape index (κ1) is 15.7. The van der Waals surface area contributed by atoms with Gasteiger partial charge in [0.1, 0.15) is 0 Å². The topological polar surface area (TPSA) is 83.6 Å². The van der Waals surface area contributed by atoms with Crippen LogP contribution in [0, 0.1) is 0 Å². The van der Waals surface area contributed by atoms with E-state index in [-0.39, 0.29) is 5.56 Å². The highest BCUT2D eigenvalue weighted by molar-refractivity contribution is 5.68. The van der Waals surface area contributed by atoms with Crippen molar-refractivity contribution in [2.24, 2.45) is 0 Å². The average molecular weight is 341 g/mol. The first-order chi connectivity index (χ1) is 12.8. The van der Waals surface area contributed by atoms with Gasteiger partial charge < -0.3 is 10.3 Å². The molecule has 6 heteroatoms. The summed E-state index contributed by atoms with van der Waals surface area (Å²) in [5.74, 6) is 0.469. The van der Waals surface area contributed by atoms with Crippen LogP contribution in [0.3, 0.4) is 0 Å². The molecule has 0 aliphatic carbocycles. The highest BCUT2D eigenvalue weighted by Gasteiger charge is 2.07. The fraction of sp³-hybridized carbons (Fsp3) is 0. The SMILES string of the molecule is O=c1cc(-c2ccnc(Nc3ccccc3)n2)cc(-c2cccnc2)[nH]1. The molecule has 0 fully saturated rings. The van der Waals surface area contributed by atoms with Crippen molar-refractivity contribution in [1.29, 1.82) is 0 Å². The zero-order valence-electron chi connectivity index (χ0n) is 13.8. The minimum absolute atomic E-state index is 0.197. The summed E-state index contributed by atoms with van der Waals surface area (Å²) in [5.41, 5.74) is 3.60. The molecular formula is C20H15N5O. The van der Waals surface area contributed by atoms with Gasteiger partial charge in [0.05, 0.1) is 11.4 Å². The van der Waals surface area contributed by atoms with Gasteiger partial charge in [-0.2, -0.15) is 0 Å². The Kier molecular flexibility index (Phi) is 4.22. The summed E-state index contributed by atoms with van der Waals surface area (Å²) in [6, 6.07) is 18.6. The monoisotopic (exact) mass is 341 g/mol. The van der Waals surface area contributed by atoms with Crippen LogP contribution in [0.4, 0.5) is 11.6 Å². The summed E-state index contributed by atoms with van der Waals surface area (Å²) in [6.07, 6.45) is 5.06. The number of anilines is 2. The van der Waals surface area contributed by atoms with E-state index in [9.17, 15) is 4.79 Å². The number of para-hydroxylation sites is 1. The largest absolute Gasteiger partial charge is 0.324 e. The zero-order chi connectivity index (χ0) is 17.8. The van der Waals surface area contributed by atoms with Crippen molar-refractivity contribution in [2.45, 2.75) is 0 Å². The van der Waals surface area contributed by atoms with Gasteiger partial charge >= 0.3 is 0 Å². The number of aromatic nitrogens is 4. The standard InChI is InChI=1S/C20H15N5O/c26-19-12-15(11-18(24-19)14-5-4-9-21-13-14)17-8-10-22-20(25-17)23-16-6-2-1-3-7-16/h1-13H,(H,24,26)(H,22,23,25). The van der Waals surface area contributed by atoms with Gasteiger partial charge in [-0.3, -0.25) is 9.78 Å². The third-order valence-corrected chi connectivity index (χ3v) is 3.80. The van der Waals surface area contributed by atoms with E-state index in [0.717, 1.165) is 11.3 Å². The Morgan fingerprint density at radius 3 is 2.58 bits per heavy atom. The number of hydrogen-bond acceptors (Lipinski definition) is 5. The second kappa shape index (κ2) is 6.98. The maximum Gasteiger partial charge on any atom is 0.249 e. The number of pyridine rings is 2. The van der Waals surface area contributed by atoms with Gasteiger partial charge in [-0.15, -0.1) is 0 Å². The molecule has 0 atom stereocenters. The molecule has 1 aromatic carbocycles. The molecule has 4 aromatic rings. The Bertz CT molecular complexity index is 1080. The van der Waals surface area contributed by atoms with Crippen molar-refractivity contribution >= 4 is 11.6 Å². The fourth-order valence-corrected chi connectivity index (χ4v) is 2.60. The lowest BCUT2D eigenvalue weighted by Gasteiger charge is -2.08. The lowest BCUT2D eigenvalue weighted by Crippen LogP contribution is -2.06. The molecule has 0 bridgehead atoms. The molecule has 26 heavy (non-hydrogen) atoms. The molecule has 3 heterocycles. The Morgan fingerprint density at radius 1 is 0.885 bits per heavy atom. The lowest BCUT2D eigenvalue weighted by molar-refractivity contribution is 1.16. The number of H-pyrrole nitrogens is 1. The molecule has 126 valence electrons. The molecule has 0 aliphatic heterocycles. The lowest BCUT2D eigenvalue weighted by atomic mass is 10.1. The first-order valence-corrected chi connectivity index (χ1v) is 8.08. The van der Waals surface area contributed by atoms with E-state index < -0.39 is 0 Å². The van der Waals surface area contributed by atoms with Crippen LogP contribution in [0.15, 0.2) is 84.0 Å². The van der Waals surface area contributed by atoms with E-state index in [2.05, 4.69) is 25.3 Å². The van der Waals surface area contributed by atoms with Crippen molar-refractivity contribution in [3.8, 4) is 22.5 Å². The maximum absolute atomic E-state index is 12.1. The highest BCUT2D eigenvalue weighted by Crippen LogP contribution is 2.22. The van der Waals surface area contributed by atoms with E-state index in [1.165, 1.54) is 6.07 Å². The zero-order valence-corrected chi connectivity index (χ0v) is 13.8. The molecule has 0 aliphatic rings. The van der Waals surface area contributed by atoms with Crippen LogP contribution in [0.5, 0.6) is 0 Å². The Morgan fingerprint density at radius 2 is 1.77 bits per heavy atom. The normalized spacial score (nSPS) is 10.5. The summed E-state index contributed by atoms with van der Waals surface area (Å²) in [5, 5.41) is 3.16. The summed E-state index contributed by atoms with van der Waals surface area (Å²) < 4.78 is 0. The molecule has 3 aromatic heterocycles. The van der Waals surface area contributed by atoms with Crippen molar-refractivity contribution < 1.29 is 0 Å². The Balaban J connectivity index is 1.71. The molecule has 0 spiro atoms. The van der Waals surface area contributed by atoms with Crippen LogP contribution in [-0.2, 0) is 0 Å². The molecule has 4 rings (SSSR count). The number of hydrogen-bond donors (Lipinski definition) is 2. The second-order valence-electron chi connectivity index (χ2n) is 5.65. The van der Waals surface area contributed by atoms with Crippen LogP contribution < -0.4 is 10.9 Å². The van der Waals surface area contributed by atoms with Crippen molar-refractivity contribution in [3.05, 3.63) is 89.6 Å². The number of aromatic amines is 1.